The van der Waals surface area contributed by atoms with E-state index in [1.54, 1.807) is 24.3 Å². The van der Waals surface area contributed by atoms with Crippen LogP contribution in [0.25, 0.3) is 0 Å². The Morgan fingerprint density at radius 1 is 1.52 bits per heavy atom. The summed E-state index contributed by atoms with van der Waals surface area (Å²) in [7, 11) is 0. The maximum atomic E-state index is 12.4. The van der Waals surface area contributed by atoms with Gasteiger partial charge >= 0.3 is 0 Å². The smallest absolute Gasteiger partial charge is 0.242 e. The number of aromatic nitrogens is 2. The van der Waals surface area contributed by atoms with Gasteiger partial charge in [-0.25, -0.2) is 4.98 Å². The van der Waals surface area contributed by atoms with Crippen LogP contribution in [0.5, 0.6) is 0 Å². The molecule has 124 valence electrons. The molecule has 7 nitrogen and oxygen atoms in total. The Balaban J connectivity index is 1.58. The minimum absolute atomic E-state index is 0.0619. The lowest BCUT2D eigenvalue weighted by Gasteiger charge is -2.41. The van der Waals surface area contributed by atoms with Crippen LogP contribution in [0.2, 0.25) is 0 Å². The Hall–Kier alpha value is -1.93. The zero-order valence-electron chi connectivity index (χ0n) is 13.5. The monoisotopic (exact) mass is 335 g/mol. The van der Waals surface area contributed by atoms with Gasteiger partial charge in [0.2, 0.25) is 5.91 Å². The van der Waals surface area contributed by atoms with Gasteiger partial charge in [0.25, 0.3) is 0 Å². The van der Waals surface area contributed by atoms with Crippen molar-refractivity contribution in [1.82, 2.24) is 15.0 Å². The Labute approximate surface area is 139 Å². The summed E-state index contributed by atoms with van der Waals surface area (Å²) in [5, 5.41) is 9.65. The number of hydrogen-bond donors (Lipinski definition) is 1. The first-order chi connectivity index (χ1) is 11.0. The fourth-order valence-electron chi connectivity index (χ4n) is 2.80. The number of nitrogens with zero attached hydrogens (tertiary/aromatic N) is 4. The molecule has 8 heteroatoms. The van der Waals surface area contributed by atoms with Crippen molar-refractivity contribution in [3.8, 4) is 0 Å². The van der Waals surface area contributed by atoms with Crippen LogP contribution in [0.3, 0.4) is 0 Å². The number of hydrogen-bond acceptors (Lipinski definition) is 7. The van der Waals surface area contributed by atoms with Gasteiger partial charge in [0.1, 0.15) is 5.76 Å². The normalized spacial score (nSPS) is 20.5. The molecule has 0 spiro atoms. The molecule has 1 N–H and O–H groups in total. The summed E-state index contributed by atoms with van der Waals surface area (Å²) in [5.41, 5.74) is 0. The van der Waals surface area contributed by atoms with E-state index in [9.17, 15) is 4.79 Å². The van der Waals surface area contributed by atoms with E-state index in [-0.39, 0.29) is 11.9 Å². The SMILES string of the molecule is Cc1cc(NC(=O)[C@@H](C)N2CCN(c3nccs3)[C@H](C)C2)no1. The molecule has 2 aromatic rings. The maximum Gasteiger partial charge on any atom is 0.242 e. The summed E-state index contributed by atoms with van der Waals surface area (Å²) in [4.78, 5) is 21.3. The maximum absolute atomic E-state index is 12.4. The number of nitrogens with one attached hydrogen (secondary N) is 1. The van der Waals surface area contributed by atoms with Gasteiger partial charge in [-0.1, -0.05) is 5.16 Å². The quantitative estimate of drug-likeness (QED) is 0.921. The largest absolute Gasteiger partial charge is 0.360 e. The standard InChI is InChI=1S/C15H21N5O2S/c1-10-9-19(5-6-20(10)15-16-4-7-23-15)12(3)14(21)17-13-8-11(2)22-18-13/h4,7-8,10,12H,5-6,9H2,1-3H3,(H,17,18,21)/t10-,12-/m1/s1. The van der Waals surface area contributed by atoms with Gasteiger partial charge in [-0.15, -0.1) is 11.3 Å². The molecule has 23 heavy (non-hydrogen) atoms. The molecule has 0 aromatic carbocycles. The van der Waals surface area contributed by atoms with Gasteiger partial charge in [0.15, 0.2) is 10.9 Å². The number of carbonyl (C=O) groups is 1. The van der Waals surface area contributed by atoms with Crippen molar-refractivity contribution in [2.24, 2.45) is 0 Å². The van der Waals surface area contributed by atoms with Gasteiger partial charge in [0.05, 0.1) is 6.04 Å². The highest BCUT2D eigenvalue weighted by Crippen LogP contribution is 2.23. The molecule has 3 heterocycles. The predicted molar refractivity (Wildman–Crippen MR) is 89.8 cm³/mol. The van der Waals surface area contributed by atoms with Crippen molar-refractivity contribution in [3.05, 3.63) is 23.4 Å². The van der Waals surface area contributed by atoms with Crippen LogP contribution in [-0.2, 0) is 4.79 Å². The topological polar surface area (TPSA) is 74.5 Å². The lowest BCUT2D eigenvalue weighted by atomic mass is 10.1. The number of rotatable bonds is 4. The first-order valence-corrected chi connectivity index (χ1v) is 8.57. The first-order valence-electron chi connectivity index (χ1n) is 7.69. The second-order valence-corrected chi connectivity index (χ2v) is 6.71. The van der Waals surface area contributed by atoms with E-state index in [0.717, 1.165) is 24.8 Å². The highest BCUT2D eigenvalue weighted by Gasteiger charge is 2.30. The number of piperazine rings is 1. The van der Waals surface area contributed by atoms with E-state index in [0.29, 0.717) is 17.6 Å². The van der Waals surface area contributed by atoms with Crippen LogP contribution < -0.4 is 10.2 Å². The molecule has 0 aliphatic carbocycles. The molecule has 1 aliphatic heterocycles. The molecule has 1 aliphatic rings. The van der Waals surface area contributed by atoms with E-state index < -0.39 is 0 Å². The average molecular weight is 335 g/mol. The molecule has 0 unspecified atom stereocenters. The fourth-order valence-corrected chi connectivity index (χ4v) is 3.57. The first kappa shape index (κ1) is 15.9. The van der Waals surface area contributed by atoms with Gasteiger partial charge in [-0.3, -0.25) is 9.69 Å². The highest BCUT2D eigenvalue weighted by molar-refractivity contribution is 7.13. The molecule has 0 saturated carbocycles. The zero-order valence-corrected chi connectivity index (χ0v) is 14.3. The van der Waals surface area contributed by atoms with Crippen molar-refractivity contribution in [3.63, 3.8) is 0 Å². The van der Waals surface area contributed by atoms with Crippen LogP contribution in [0, 0.1) is 6.92 Å². The molecule has 1 fully saturated rings. The number of amides is 1. The number of aryl methyl sites for hydroxylation is 1. The third-order valence-corrected chi connectivity index (χ3v) is 4.94. The molecule has 0 bridgehead atoms. The lowest BCUT2D eigenvalue weighted by Crippen LogP contribution is -2.56. The number of carbonyl (C=O) groups excluding carboxylic acids is 1. The summed E-state index contributed by atoms with van der Waals surface area (Å²) < 4.78 is 4.97. The Bertz CT molecular complexity index is 657. The zero-order chi connectivity index (χ0) is 16.4. The molecular weight excluding hydrogens is 314 g/mol. The van der Waals surface area contributed by atoms with Crippen LogP contribution in [0.1, 0.15) is 19.6 Å². The molecule has 2 aromatic heterocycles. The van der Waals surface area contributed by atoms with E-state index in [2.05, 4.69) is 32.2 Å². The van der Waals surface area contributed by atoms with Crippen molar-refractivity contribution >= 4 is 28.2 Å². The van der Waals surface area contributed by atoms with Gasteiger partial charge in [-0.2, -0.15) is 0 Å². The van der Waals surface area contributed by atoms with Crippen LogP contribution in [-0.4, -0.2) is 52.7 Å². The number of thiazole rings is 1. The summed E-state index contributed by atoms with van der Waals surface area (Å²) in [5.74, 6) is 1.08. The minimum Gasteiger partial charge on any atom is -0.360 e. The van der Waals surface area contributed by atoms with Gasteiger partial charge < -0.3 is 14.7 Å². The Morgan fingerprint density at radius 3 is 2.96 bits per heavy atom. The van der Waals surface area contributed by atoms with Crippen molar-refractivity contribution in [2.75, 3.05) is 29.9 Å². The Morgan fingerprint density at radius 2 is 2.35 bits per heavy atom. The van der Waals surface area contributed by atoms with Gasteiger partial charge in [0, 0.05) is 43.3 Å². The minimum atomic E-state index is -0.215. The average Bonchev–Trinajstić information content (AvgIpc) is 3.18. The Kier molecular flexibility index (Phi) is 4.63. The van der Waals surface area contributed by atoms with Gasteiger partial charge in [-0.05, 0) is 20.8 Å². The summed E-state index contributed by atoms with van der Waals surface area (Å²) >= 11 is 1.65. The third kappa shape index (κ3) is 3.53. The van der Waals surface area contributed by atoms with Crippen LogP contribution in [0.15, 0.2) is 22.2 Å². The highest BCUT2D eigenvalue weighted by atomic mass is 32.1. The predicted octanol–water partition coefficient (Wildman–Crippen LogP) is 1.98. The van der Waals surface area contributed by atoms with E-state index in [1.165, 1.54) is 0 Å². The number of anilines is 2. The van der Waals surface area contributed by atoms with Crippen molar-refractivity contribution in [2.45, 2.75) is 32.9 Å². The summed E-state index contributed by atoms with van der Waals surface area (Å²) in [6, 6.07) is 1.82. The second-order valence-electron chi connectivity index (χ2n) is 5.84. The van der Waals surface area contributed by atoms with E-state index in [1.807, 2.05) is 18.5 Å². The van der Waals surface area contributed by atoms with Crippen LogP contribution in [0.4, 0.5) is 10.9 Å². The third-order valence-electron chi connectivity index (χ3n) is 4.13. The second kappa shape index (κ2) is 6.67. The van der Waals surface area contributed by atoms with Crippen molar-refractivity contribution in [1.29, 1.82) is 0 Å². The van der Waals surface area contributed by atoms with Crippen LogP contribution >= 0.6 is 11.3 Å². The molecule has 3 rings (SSSR count). The molecule has 0 radical (unpaired) electrons. The summed E-state index contributed by atoms with van der Waals surface area (Å²) in [6.07, 6.45) is 1.83. The molecular formula is C15H21N5O2S. The fraction of sp³-hybridized carbons (Fsp3) is 0.533. The van der Waals surface area contributed by atoms with Crippen molar-refractivity contribution < 1.29 is 9.32 Å². The molecule has 2 atom stereocenters. The summed E-state index contributed by atoms with van der Waals surface area (Å²) in [6.45, 7) is 8.41. The molecule has 1 amide bonds. The van der Waals surface area contributed by atoms with E-state index in [4.69, 9.17) is 4.52 Å². The lowest BCUT2D eigenvalue weighted by molar-refractivity contribution is -0.121. The van der Waals surface area contributed by atoms with E-state index >= 15 is 0 Å². The molecule has 1 saturated heterocycles.